The van der Waals surface area contributed by atoms with Crippen LogP contribution < -0.4 is 0 Å². The molecule has 1 heterocycles. The predicted octanol–water partition coefficient (Wildman–Crippen LogP) is 1.26. The van der Waals surface area contributed by atoms with Crippen molar-refractivity contribution >= 4 is 5.97 Å². The summed E-state index contributed by atoms with van der Waals surface area (Å²) in [6.07, 6.45) is 0. The van der Waals surface area contributed by atoms with Crippen molar-refractivity contribution in [2.75, 3.05) is 6.61 Å². The fraction of sp³-hybridized carbons (Fsp3) is 0.444. The van der Waals surface area contributed by atoms with Crippen LogP contribution in [-0.2, 0) is 11.3 Å². The quantitative estimate of drug-likeness (QED) is 0.718. The van der Waals surface area contributed by atoms with Gasteiger partial charge in [0.05, 0.1) is 6.61 Å². The molecule has 0 unspecified atom stereocenters. The molecule has 0 aromatic carbocycles. The number of carbonyl (C=O) groups excluding carboxylic acids is 1. The second-order valence-corrected chi connectivity index (χ2v) is 2.56. The van der Waals surface area contributed by atoms with E-state index in [1.807, 2.05) is 0 Å². The molecule has 4 heteroatoms. The monoisotopic (exact) mass is 184 g/mol. The molecule has 1 aromatic heterocycles. The molecular formula is C9H12O4. The van der Waals surface area contributed by atoms with Gasteiger partial charge in [0.25, 0.3) is 0 Å². The first-order valence-electron chi connectivity index (χ1n) is 4.06. The van der Waals surface area contributed by atoms with E-state index in [0.717, 1.165) is 0 Å². The van der Waals surface area contributed by atoms with E-state index in [1.54, 1.807) is 13.8 Å². The van der Waals surface area contributed by atoms with Gasteiger partial charge in [-0.05, 0) is 19.9 Å². The number of ether oxygens (including phenoxy) is 1. The molecule has 1 aromatic rings. The lowest BCUT2D eigenvalue weighted by molar-refractivity contribution is 0.0524. The van der Waals surface area contributed by atoms with E-state index in [1.165, 1.54) is 6.07 Å². The number of furan rings is 1. The maximum absolute atomic E-state index is 11.2. The Morgan fingerprint density at radius 3 is 2.85 bits per heavy atom. The van der Waals surface area contributed by atoms with Crippen molar-refractivity contribution in [3.05, 3.63) is 23.2 Å². The third-order valence-corrected chi connectivity index (χ3v) is 1.62. The molecule has 72 valence electrons. The molecular weight excluding hydrogens is 172 g/mol. The third-order valence-electron chi connectivity index (χ3n) is 1.62. The fourth-order valence-corrected chi connectivity index (χ4v) is 1.03. The molecule has 0 amide bonds. The van der Waals surface area contributed by atoms with Gasteiger partial charge >= 0.3 is 5.97 Å². The first-order chi connectivity index (χ1) is 6.19. The minimum atomic E-state index is -0.413. The highest BCUT2D eigenvalue weighted by atomic mass is 16.5. The molecule has 1 rings (SSSR count). The summed E-state index contributed by atoms with van der Waals surface area (Å²) in [5, 5.41) is 8.74. The van der Waals surface area contributed by atoms with Crippen LogP contribution in [-0.4, -0.2) is 17.7 Å². The van der Waals surface area contributed by atoms with E-state index in [0.29, 0.717) is 23.7 Å². The van der Waals surface area contributed by atoms with Gasteiger partial charge in [-0.3, -0.25) is 0 Å². The maximum atomic E-state index is 11.2. The zero-order valence-corrected chi connectivity index (χ0v) is 7.66. The van der Waals surface area contributed by atoms with Gasteiger partial charge in [0.15, 0.2) is 0 Å². The van der Waals surface area contributed by atoms with E-state index in [-0.39, 0.29) is 6.61 Å². The van der Waals surface area contributed by atoms with E-state index in [2.05, 4.69) is 0 Å². The molecule has 0 spiro atoms. The van der Waals surface area contributed by atoms with Crippen LogP contribution in [0.25, 0.3) is 0 Å². The summed E-state index contributed by atoms with van der Waals surface area (Å²) in [7, 11) is 0. The highest BCUT2D eigenvalue weighted by molar-refractivity contribution is 5.90. The number of aliphatic hydroxyl groups excluding tert-OH is 1. The second-order valence-electron chi connectivity index (χ2n) is 2.56. The van der Waals surface area contributed by atoms with Gasteiger partial charge in [0.1, 0.15) is 23.7 Å². The molecule has 0 fully saturated rings. The van der Waals surface area contributed by atoms with Gasteiger partial charge in [-0.25, -0.2) is 4.79 Å². The zero-order chi connectivity index (χ0) is 9.84. The van der Waals surface area contributed by atoms with Crippen molar-refractivity contribution in [2.45, 2.75) is 20.5 Å². The van der Waals surface area contributed by atoms with Crippen molar-refractivity contribution in [2.24, 2.45) is 0 Å². The van der Waals surface area contributed by atoms with Crippen LogP contribution in [0.15, 0.2) is 10.5 Å². The van der Waals surface area contributed by atoms with Crippen molar-refractivity contribution < 1.29 is 19.1 Å². The van der Waals surface area contributed by atoms with Gasteiger partial charge < -0.3 is 14.3 Å². The summed E-state index contributed by atoms with van der Waals surface area (Å²) in [5.41, 5.74) is 0.380. The highest BCUT2D eigenvalue weighted by Gasteiger charge is 2.14. The van der Waals surface area contributed by atoms with Crippen LogP contribution in [0.3, 0.4) is 0 Å². The first-order valence-corrected chi connectivity index (χ1v) is 4.06. The van der Waals surface area contributed by atoms with Crippen molar-refractivity contribution in [1.82, 2.24) is 0 Å². The largest absolute Gasteiger partial charge is 0.463 e. The van der Waals surface area contributed by atoms with E-state index >= 15 is 0 Å². The van der Waals surface area contributed by atoms with Gasteiger partial charge in [-0.1, -0.05) is 0 Å². The summed E-state index contributed by atoms with van der Waals surface area (Å²) in [6.45, 7) is 3.52. The minimum Gasteiger partial charge on any atom is -0.463 e. The number of rotatable bonds is 3. The zero-order valence-electron chi connectivity index (χ0n) is 7.66. The Hall–Kier alpha value is -1.29. The number of hydrogen-bond acceptors (Lipinski definition) is 4. The Morgan fingerprint density at radius 2 is 2.38 bits per heavy atom. The SMILES string of the molecule is CCOC(=O)c1cc(CO)oc1C. The molecule has 0 aliphatic rings. The van der Waals surface area contributed by atoms with Gasteiger partial charge in [-0.2, -0.15) is 0 Å². The lowest BCUT2D eigenvalue weighted by Gasteiger charge is -1.97. The Balaban J connectivity index is 2.87. The summed E-state index contributed by atoms with van der Waals surface area (Å²) in [6, 6.07) is 1.49. The van der Waals surface area contributed by atoms with Crippen LogP contribution in [0.4, 0.5) is 0 Å². The Morgan fingerprint density at radius 1 is 1.69 bits per heavy atom. The normalized spacial score (nSPS) is 10.1. The summed E-state index contributed by atoms with van der Waals surface area (Å²) in [4.78, 5) is 11.2. The summed E-state index contributed by atoms with van der Waals surface area (Å²) >= 11 is 0. The standard InChI is InChI=1S/C9H12O4/c1-3-12-9(11)8-4-7(5-10)13-6(8)2/h4,10H,3,5H2,1-2H3. The molecule has 0 bridgehead atoms. The van der Waals surface area contributed by atoms with Crippen LogP contribution in [0, 0.1) is 6.92 Å². The number of esters is 1. The Kier molecular flexibility index (Phi) is 3.08. The molecule has 0 aliphatic heterocycles. The lowest BCUT2D eigenvalue weighted by atomic mass is 10.2. The van der Waals surface area contributed by atoms with Crippen LogP contribution >= 0.6 is 0 Å². The molecule has 13 heavy (non-hydrogen) atoms. The van der Waals surface area contributed by atoms with Crippen LogP contribution in [0.5, 0.6) is 0 Å². The molecule has 1 N–H and O–H groups in total. The average Bonchev–Trinajstić information content (AvgIpc) is 2.47. The number of carbonyl (C=O) groups is 1. The molecule has 0 saturated heterocycles. The Labute approximate surface area is 76.1 Å². The van der Waals surface area contributed by atoms with Crippen LogP contribution in [0.1, 0.15) is 28.8 Å². The van der Waals surface area contributed by atoms with E-state index in [9.17, 15) is 4.79 Å². The van der Waals surface area contributed by atoms with Gasteiger partial charge in [0, 0.05) is 0 Å². The second kappa shape index (κ2) is 4.09. The fourth-order valence-electron chi connectivity index (χ4n) is 1.03. The lowest BCUT2D eigenvalue weighted by Crippen LogP contribution is -2.04. The number of aliphatic hydroxyl groups is 1. The predicted molar refractivity (Wildman–Crippen MR) is 45.3 cm³/mol. The molecule has 4 nitrogen and oxygen atoms in total. The van der Waals surface area contributed by atoms with E-state index < -0.39 is 5.97 Å². The molecule has 0 aliphatic carbocycles. The van der Waals surface area contributed by atoms with Crippen molar-refractivity contribution in [3.63, 3.8) is 0 Å². The third kappa shape index (κ3) is 2.09. The molecule has 0 saturated carbocycles. The Bertz CT molecular complexity index is 301. The summed E-state index contributed by atoms with van der Waals surface area (Å²) in [5.74, 6) is 0.437. The summed E-state index contributed by atoms with van der Waals surface area (Å²) < 4.78 is 9.87. The van der Waals surface area contributed by atoms with E-state index in [4.69, 9.17) is 14.3 Å². The van der Waals surface area contributed by atoms with Gasteiger partial charge in [-0.15, -0.1) is 0 Å². The number of hydrogen-bond donors (Lipinski definition) is 1. The minimum absolute atomic E-state index is 0.208. The smallest absolute Gasteiger partial charge is 0.341 e. The number of aryl methyl sites for hydroxylation is 1. The van der Waals surface area contributed by atoms with Crippen molar-refractivity contribution in [1.29, 1.82) is 0 Å². The van der Waals surface area contributed by atoms with Crippen LogP contribution in [0.2, 0.25) is 0 Å². The van der Waals surface area contributed by atoms with Gasteiger partial charge in [0.2, 0.25) is 0 Å². The topological polar surface area (TPSA) is 59.7 Å². The first kappa shape index (κ1) is 9.80. The van der Waals surface area contributed by atoms with Crippen molar-refractivity contribution in [3.8, 4) is 0 Å². The molecule has 0 radical (unpaired) electrons. The maximum Gasteiger partial charge on any atom is 0.341 e. The average molecular weight is 184 g/mol. The molecule has 0 atom stereocenters. The highest BCUT2D eigenvalue weighted by Crippen LogP contribution is 2.15.